The zero-order valence-electron chi connectivity index (χ0n) is 10.4. The second-order valence-corrected chi connectivity index (χ2v) is 4.71. The van der Waals surface area contributed by atoms with E-state index in [0.717, 1.165) is 15.8 Å². The maximum atomic E-state index is 13.0. The number of rotatable bonds is 0. The number of halogens is 2. The molecule has 1 nitrogen and oxygen atoms in total. The van der Waals surface area contributed by atoms with Crippen molar-refractivity contribution in [2.75, 3.05) is 21.1 Å². The summed E-state index contributed by atoms with van der Waals surface area (Å²) >= 11 is 5.71. The summed E-state index contributed by atoms with van der Waals surface area (Å²) in [6.45, 7) is 1.83. The molecule has 0 aliphatic carbocycles. The predicted octanol–water partition coefficient (Wildman–Crippen LogP) is 1.64. The van der Waals surface area contributed by atoms with Gasteiger partial charge in [0, 0.05) is 5.02 Å². The van der Waals surface area contributed by atoms with E-state index in [9.17, 15) is 4.39 Å². The highest BCUT2D eigenvalue weighted by Gasteiger charge is 2.02. The molecule has 0 radical (unpaired) electrons. The SMILES string of the molecule is CN(C)C.Cc1cc(C#C[SiH3])c(F)cc1Cl. The van der Waals surface area contributed by atoms with Gasteiger partial charge >= 0.3 is 0 Å². The summed E-state index contributed by atoms with van der Waals surface area (Å²) in [5.74, 6) is 2.38. The molecule has 0 atom stereocenters. The van der Waals surface area contributed by atoms with Crippen molar-refractivity contribution >= 4 is 21.8 Å². The summed E-state index contributed by atoms with van der Waals surface area (Å²) in [5, 5.41) is 0.450. The molecular weight excluding hydrogens is 241 g/mol. The number of nitrogens with zero attached hydrogens (tertiary/aromatic N) is 1. The fourth-order valence-corrected chi connectivity index (χ4v) is 1.31. The highest BCUT2D eigenvalue weighted by Crippen LogP contribution is 2.18. The molecule has 0 aliphatic heterocycles. The van der Waals surface area contributed by atoms with Crippen LogP contribution in [0.15, 0.2) is 12.1 Å². The largest absolute Gasteiger partial charge is 0.312 e. The van der Waals surface area contributed by atoms with E-state index < -0.39 is 0 Å². The second-order valence-electron chi connectivity index (χ2n) is 3.80. The lowest BCUT2D eigenvalue weighted by molar-refractivity contribution is 0.505. The van der Waals surface area contributed by atoms with Crippen LogP contribution in [-0.4, -0.2) is 36.3 Å². The molecule has 16 heavy (non-hydrogen) atoms. The first-order valence-electron chi connectivity index (χ1n) is 4.87. The third kappa shape index (κ3) is 5.91. The van der Waals surface area contributed by atoms with E-state index in [4.69, 9.17) is 11.6 Å². The Kier molecular flexibility index (Phi) is 7.07. The molecule has 0 saturated carbocycles. The van der Waals surface area contributed by atoms with Gasteiger partial charge in [-0.05, 0) is 45.8 Å². The first-order chi connectivity index (χ1) is 7.38. The van der Waals surface area contributed by atoms with Crippen LogP contribution in [0.4, 0.5) is 4.39 Å². The Labute approximate surface area is 105 Å². The average molecular weight is 258 g/mol. The summed E-state index contributed by atoms with van der Waals surface area (Å²) in [5.41, 5.74) is 4.07. The van der Waals surface area contributed by atoms with Gasteiger partial charge in [0.25, 0.3) is 0 Å². The van der Waals surface area contributed by atoms with Crippen LogP contribution in [0.1, 0.15) is 11.1 Å². The Hall–Kier alpha value is -0.823. The standard InChI is InChI=1S/C9H8ClFSi.C3H9N/c1-6-4-7(2-3-12)9(11)5-8(6)10;1-4(2)3/h4-5H,1,12H3;1-3H3. The number of hydrogen-bond donors (Lipinski definition) is 0. The van der Waals surface area contributed by atoms with Gasteiger partial charge in [-0.15, -0.1) is 5.54 Å². The van der Waals surface area contributed by atoms with Gasteiger partial charge in [-0.2, -0.15) is 0 Å². The molecule has 0 unspecified atom stereocenters. The van der Waals surface area contributed by atoms with Gasteiger partial charge in [0.2, 0.25) is 0 Å². The quantitative estimate of drug-likeness (QED) is 0.505. The normalized spacial score (nSPS) is 9.19. The first-order valence-corrected chi connectivity index (χ1v) is 6.25. The van der Waals surface area contributed by atoms with Crippen molar-refractivity contribution in [3.63, 3.8) is 0 Å². The van der Waals surface area contributed by atoms with Crippen LogP contribution >= 0.6 is 11.6 Å². The minimum Gasteiger partial charge on any atom is -0.312 e. The number of benzene rings is 1. The monoisotopic (exact) mass is 257 g/mol. The van der Waals surface area contributed by atoms with Crippen LogP contribution < -0.4 is 0 Å². The van der Waals surface area contributed by atoms with Crippen LogP contribution in [0.25, 0.3) is 0 Å². The van der Waals surface area contributed by atoms with Crippen molar-refractivity contribution in [1.29, 1.82) is 0 Å². The van der Waals surface area contributed by atoms with Crippen molar-refractivity contribution in [1.82, 2.24) is 4.90 Å². The molecule has 4 heteroatoms. The van der Waals surface area contributed by atoms with Crippen molar-refractivity contribution in [2.24, 2.45) is 0 Å². The molecule has 0 bridgehead atoms. The van der Waals surface area contributed by atoms with Gasteiger partial charge in [-0.3, -0.25) is 0 Å². The summed E-state index contributed by atoms with van der Waals surface area (Å²) in [4.78, 5) is 2.00. The van der Waals surface area contributed by atoms with E-state index in [1.807, 2.05) is 33.0 Å². The number of aryl methyl sites for hydroxylation is 1. The van der Waals surface area contributed by atoms with E-state index in [-0.39, 0.29) is 5.82 Å². The summed E-state index contributed by atoms with van der Waals surface area (Å²) in [6, 6.07) is 2.97. The van der Waals surface area contributed by atoms with Gasteiger partial charge in [-0.1, -0.05) is 17.5 Å². The molecule has 0 fully saturated rings. The maximum Gasteiger partial charge on any atom is 0.140 e. The molecule has 0 spiro atoms. The third-order valence-corrected chi connectivity index (χ3v) is 2.17. The first kappa shape index (κ1) is 15.2. The van der Waals surface area contributed by atoms with Crippen LogP contribution in [-0.2, 0) is 0 Å². The third-order valence-electron chi connectivity index (χ3n) is 1.51. The van der Waals surface area contributed by atoms with E-state index in [1.54, 1.807) is 6.07 Å². The lowest BCUT2D eigenvalue weighted by Crippen LogP contribution is -1.99. The molecule has 0 saturated heterocycles. The van der Waals surface area contributed by atoms with Gasteiger partial charge in [0.1, 0.15) is 5.82 Å². The van der Waals surface area contributed by atoms with Crippen molar-refractivity contribution in [3.05, 3.63) is 34.1 Å². The molecule has 0 aliphatic rings. The predicted molar refractivity (Wildman–Crippen MR) is 72.6 cm³/mol. The smallest absolute Gasteiger partial charge is 0.140 e. The minimum atomic E-state index is -0.339. The molecule has 1 aromatic carbocycles. The van der Waals surface area contributed by atoms with Crippen LogP contribution in [0.2, 0.25) is 5.02 Å². The van der Waals surface area contributed by atoms with Crippen LogP contribution in [0, 0.1) is 24.2 Å². The Morgan fingerprint density at radius 2 is 1.81 bits per heavy atom. The van der Waals surface area contributed by atoms with Gasteiger partial charge < -0.3 is 4.90 Å². The highest BCUT2D eigenvalue weighted by atomic mass is 35.5. The Morgan fingerprint density at radius 3 is 2.25 bits per heavy atom. The van der Waals surface area contributed by atoms with E-state index in [2.05, 4.69) is 11.5 Å². The van der Waals surface area contributed by atoms with Crippen LogP contribution in [0.3, 0.4) is 0 Å². The van der Waals surface area contributed by atoms with E-state index in [0.29, 0.717) is 10.6 Å². The summed E-state index contributed by atoms with van der Waals surface area (Å²) in [6.07, 6.45) is 0. The van der Waals surface area contributed by atoms with Gasteiger partial charge in [0.05, 0.1) is 15.8 Å². The maximum absolute atomic E-state index is 13.0. The molecule has 0 heterocycles. The topological polar surface area (TPSA) is 3.24 Å². The average Bonchev–Trinajstić information content (AvgIpc) is 2.13. The minimum absolute atomic E-state index is 0.339. The van der Waals surface area contributed by atoms with Gasteiger partial charge in [0.15, 0.2) is 0 Å². The van der Waals surface area contributed by atoms with E-state index in [1.165, 1.54) is 6.07 Å². The second kappa shape index (κ2) is 7.45. The summed E-state index contributed by atoms with van der Waals surface area (Å²) < 4.78 is 13.0. The summed E-state index contributed by atoms with van der Waals surface area (Å²) in [7, 11) is 6.76. The van der Waals surface area contributed by atoms with Gasteiger partial charge in [-0.25, -0.2) is 4.39 Å². The van der Waals surface area contributed by atoms with Crippen molar-refractivity contribution in [2.45, 2.75) is 6.92 Å². The molecule has 88 valence electrons. The molecule has 1 aromatic rings. The van der Waals surface area contributed by atoms with E-state index >= 15 is 0 Å². The molecule has 0 N–H and O–H groups in total. The highest BCUT2D eigenvalue weighted by molar-refractivity contribution is 6.31. The fraction of sp³-hybridized carbons (Fsp3) is 0.333. The lowest BCUT2D eigenvalue weighted by Gasteiger charge is -1.99. The van der Waals surface area contributed by atoms with Crippen molar-refractivity contribution in [3.8, 4) is 11.5 Å². The molecule has 0 aromatic heterocycles. The van der Waals surface area contributed by atoms with Crippen LogP contribution in [0.5, 0.6) is 0 Å². The Bertz CT molecular complexity index is 405. The zero-order chi connectivity index (χ0) is 12.7. The lowest BCUT2D eigenvalue weighted by atomic mass is 10.1. The Balaban J connectivity index is 0.000000487. The molecule has 1 rings (SSSR count). The zero-order valence-corrected chi connectivity index (χ0v) is 13.1. The molecule has 0 amide bonds. The Morgan fingerprint density at radius 1 is 1.31 bits per heavy atom. The fourth-order valence-electron chi connectivity index (χ4n) is 0.888. The molecular formula is C12H17ClFNSi. The number of hydrogen-bond acceptors (Lipinski definition) is 1. The van der Waals surface area contributed by atoms with Crippen molar-refractivity contribution < 1.29 is 4.39 Å².